The molecule has 0 aliphatic carbocycles. The van der Waals surface area contributed by atoms with E-state index in [1.807, 2.05) is 0 Å². The lowest BCUT2D eigenvalue weighted by Gasteiger charge is -2.12. The summed E-state index contributed by atoms with van der Waals surface area (Å²) >= 11 is 0. The number of carbonyl (C=O) groups excluding carboxylic acids is 1. The fourth-order valence-corrected chi connectivity index (χ4v) is 2.01. The topological polar surface area (TPSA) is 73.1 Å². The highest BCUT2D eigenvalue weighted by Gasteiger charge is 2.34. The van der Waals surface area contributed by atoms with Crippen LogP contribution >= 0.6 is 0 Å². The molecule has 1 aromatic carbocycles. The maximum Gasteiger partial charge on any atom is 0.418 e. The summed E-state index contributed by atoms with van der Waals surface area (Å²) in [7, 11) is 0. The van der Waals surface area contributed by atoms with Gasteiger partial charge in [-0.1, -0.05) is 12.1 Å². The van der Waals surface area contributed by atoms with Crippen molar-refractivity contribution in [2.45, 2.75) is 12.6 Å². The molecule has 0 radical (unpaired) electrons. The van der Waals surface area contributed by atoms with E-state index >= 15 is 0 Å². The second-order valence-electron chi connectivity index (χ2n) is 4.37. The van der Waals surface area contributed by atoms with Crippen LogP contribution in [0.25, 0.3) is 11.3 Å². The van der Waals surface area contributed by atoms with Crippen LogP contribution in [0, 0.1) is 10.1 Å². The molecule has 0 fully saturated rings. The second-order valence-corrected chi connectivity index (χ2v) is 4.37. The number of aldehydes is 1. The predicted molar refractivity (Wildman–Crippen MR) is 71.1 cm³/mol. The average molecular weight is 310 g/mol. The van der Waals surface area contributed by atoms with Crippen molar-refractivity contribution < 1.29 is 22.9 Å². The standard InChI is InChI=1S/C14H9F3N2O3/c15-14(16,17)11-2-1-6-18-13(11)10-4-3-9(5-7-20)12(8-10)19(21)22/h1-4,6-8H,5H2. The number of hydrogen-bond donors (Lipinski definition) is 0. The number of rotatable bonds is 4. The molecule has 114 valence electrons. The van der Waals surface area contributed by atoms with Crippen LogP contribution < -0.4 is 0 Å². The van der Waals surface area contributed by atoms with Crippen LogP contribution in [0.3, 0.4) is 0 Å². The van der Waals surface area contributed by atoms with Crippen molar-refractivity contribution >= 4 is 12.0 Å². The van der Waals surface area contributed by atoms with Crippen LogP contribution in [0.2, 0.25) is 0 Å². The minimum atomic E-state index is -4.63. The monoisotopic (exact) mass is 310 g/mol. The van der Waals surface area contributed by atoms with Gasteiger partial charge in [0, 0.05) is 29.8 Å². The van der Waals surface area contributed by atoms with E-state index in [9.17, 15) is 28.1 Å². The van der Waals surface area contributed by atoms with E-state index < -0.39 is 28.0 Å². The Morgan fingerprint density at radius 3 is 2.59 bits per heavy atom. The number of alkyl halides is 3. The van der Waals surface area contributed by atoms with E-state index in [2.05, 4.69) is 4.98 Å². The van der Waals surface area contributed by atoms with Gasteiger partial charge >= 0.3 is 6.18 Å². The molecule has 1 heterocycles. The van der Waals surface area contributed by atoms with Crippen molar-refractivity contribution in [2.75, 3.05) is 0 Å². The number of aromatic nitrogens is 1. The minimum Gasteiger partial charge on any atom is -0.303 e. The molecule has 0 aliphatic rings. The van der Waals surface area contributed by atoms with Gasteiger partial charge in [0.1, 0.15) is 6.29 Å². The largest absolute Gasteiger partial charge is 0.418 e. The molecule has 22 heavy (non-hydrogen) atoms. The summed E-state index contributed by atoms with van der Waals surface area (Å²) in [4.78, 5) is 24.5. The highest BCUT2D eigenvalue weighted by atomic mass is 19.4. The smallest absolute Gasteiger partial charge is 0.303 e. The van der Waals surface area contributed by atoms with Gasteiger partial charge in [-0.15, -0.1) is 0 Å². The zero-order valence-electron chi connectivity index (χ0n) is 11.0. The van der Waals surface area contributed by atoms with Crippen LogP contribution in [0.5, 0.6) is 0 Å². The maximum absolute atomic E-state index is 13.0. The molecule has 0 unspecified atom stereocenters. The third kappa shape index (κ3) is 3.11. The Morgan fingerprint density at radius 2 is 2.00 bits per heavy atom. The number of nitro benzene ring substituents is 1. The molecule has 0 N–H and O–H groups in total. The van der Waals surface area contributed by atoms with Gasteiger partial charge in [-0.3, -0.25) is 15.1 Å². The molecular weight excluding hydrogens is 301 g/mol. The first-order valence-corrected chi connectivity index (χ1v) is 6.08. The second kappa shape index (κ2) is 5.92. The van der Waals surface area contributed by atoms with Gasteiger partial charge in [-0.05, 0) is 12.1 Å². The lowest BCUT2D eigenvalue weighted by molar-refractivity contribution is -0.385. The fraction of sp³-hybridized carbons (Fsp3) is 0.143. The van der Waals surface area contributed by atoms with Crippen molar-refractivity contribution in [2.24, 2.45) is 0 Å². The number of benzene rings is 1. The summed E-state index contributed by atoms with van der Waals surface area (Å²) in [6.07, 6.45) is -3.15. The van der Waals surface area contributed by atoms with Crippen LogP contribution in [-0.4, -0.2) is 16.2 Å². The highest BCUT2D eigenvalue weighted by Crippen LogP contribution is 2.37. The van der Waals surface area contributed by atoms with Gasteiger partial charge < -0.3 is 4.79 Å². The summed E-state index contributed by atoms with van der Waals surface area (Å²) in [5.74, 6) is 0. The molecule has 8 heteroatoms. The van der Waals surface area contributed by atoms with Crippen molar-refractivity contribution in [3.63, 3.8) is 0 Å². The van der Waals surface area contributed by atoms with E-state index in [-0.39, 0.29) is 17.5 Å². The molecule has 0 aliphatic heterocycles. The molecule has 0 saturated carbocycles. The van der Waals surface area contributed by atoms with Gasteiger partial charge in [0.15, 0.2) is 0 Å². The minimum absolute atomic E-state index is 0.0331. The number of halogens is 3. The SMILES string of the molecule is O=CCc1ccc(-c2ncccc2C(F)(F)F)cc1[N+](=O)[O-]. The Hall–Kier alpha value is -2.77. The Balaban J connectivity index is 2.62. The molecular formula is C14H9F3N2O3. The van der Waals surface area contributed by atoms with Crippen molar-refractivity contribution in [3.8, 4) is 11.3 Å². The lowest BCUT2D eigenvalue weighted by atomic mass is 10.0. The van der Waals surface area contributed by atoms with Gasteiger partial charge in [-0.25, -0.2) is 0 Å². The first-order valence-electron chi connectivity index (χ1n) is 6.08. The molecule has 0 amide bonds. The quantitative estimate of drug-likeness (QED) is 0.493. The Morgan fingerprint density at radius 1 is 1.27 bits per heavy atom. The Kier molecular flexibility index (Phi) is 4.20. The fourth-order valence-electron chi connectivity index (χ4n) is 2.01. The van der Waals surface area contributed by atoms with E-state index in [1.165, 1.54) is 18.3 Å². The number of nitrogens with zero attached hydrogens (tertiary/aromatic N) is 2. The molecule has 2 aromatic rings. The summed E-state index contributed by atoms with van der Waals surface area (Å²) in [6.45, 7) is 0. The normalized spacial score (nSPS) is 11.2. The molecule has 2 rings (SSSR count). The number of nitro groups is 1. The number of pyridine rings is 1. The van der Waals surface area contributed by atoms with Crippen LogP contribution in [0.1, 0.15) is 11.1 Å². The van der Waals surface area contributed by atoms with Gasteiger partial charge in [0.05, 0.1) is 16.2 Å². The number of hydrogen-bond acceptors (Lipinski definition) is 4. The molecule has 0 bridgehead atoms. The van der Waals surface area contributed by atoms with Crippen LogP contribution in [-0.2, 0) is 17.4 Å². The first-order chi connectivity index (χ1) is 10.3. The summed E-state index contributed by atoms with van der Waals surface area (Å²) in [5.41, 5.74) is -1.69. The van der Waals surface area contributed by atoms with Crippen molar-refractivity contribution in [3.05, 3.63) is 57.8 Å². The van der Waals surface area contributed by atoms with Gasteiger partial charge in [-0.2, -0.15) is 13.2 Å². The predicted octanol–water partition coefficient (Wildman–Crippen LogP) is 3.42. The maximum atomic E-state index is 13.0. The van der Waals surface area contributed by atoms with Crippen molar-refractivity contribution in [1.29, 1.82) is 0 Å². The average Bonchev–Trinajstić information content (AvgIpc) is 2.47. The third-order valence-corrected chi connectivity index (χ3v) is 2.97. The number of carbonyl (C=O) groups is 1. The zero-order valence-corrected chi connectivity index (χ0v) is 11.0. The molecule has 5 nitrogen and oxygen atoms in total. The van der Waals surface area contributed by atoms with E-state index in [1.54, 1.807) is 0 Å². The third-order valence-electron chi connectivity index (χ3n) is 2.97. The van der Waals surface area contributed by atoms with Gasteiger partial charge in [0.25, 0.3) is 5.69 Å². The summed E-state index contributed by atoms with van der Waals surface area (Å²) in [6, 6.07) is 5.53. The van der Waals surface area contributed by atoms with Gasteiger partial charge in [0.2, 0.25) is 0 Å². The summed E-state index contributed by atoms with van der Waals surface area (Å²) < 4.78 is 38.9. The van der Waals surface area contributed by atoms with E-state index in [4.69, 9.17) is 0 Å². The van der Waals surface area contributed by atoms with Crippen LogP contribution in [0.4, 0.5) is 18.9 Å². The molecule has 1 aromatic heterocycles. The molecule has 0 spiro atoms. The first kappa shape index (κ1) is 15.6. The Labute approximate surface area is 122 Å². The van der Waals surface area contributed by atoms with Crippen molar-refractivity contribution in [1.82, 2.24) is 4.98 Å². The Bertz CT molecular complexity index is 730. The summed E-state index contributed by atoms with van der Waals surface area (Å²) in [5, 5.41) is 11.0. The van der Waals surface area contributed by atoms with E-state index in [0.717, 1.165) is 18.2 Å². The van der Waals surface area contributed by atoms with Crippen LogP contribution in [0.15, 0.2) is 36.5 Å². The molecule has 0 atom stereocenters. The molecule has 0 saturated heterocycles. The van der Waals surface area contributed by atoms with E-state index in [0.29, 0.717) is 6.29 Å². The highest BCUT2D eigenvalue weighted by molar-refractivity contribution is 5.69. The lowest BCUT2D eigenvalue weighted by Crippen LogP contribution is -2.08. The zero-order chi connectivity index (χ0) is 16.3.